The molecular weight excluding hydrogens is 356 g/mol. The zero-order valence-corrected chi connectivity index (χ0v) is 17.4. The Morgan fingerprint density at radius 2 is 2.00 bits per heavy atom. The van der Waals surface area contributed by atoms with E-state index in [9.17, 15) is 4.79 Å². The molecule has 4 rings (SSSR count). The molecule has 2 aromatic heterocycles. The van der Waals surface area contributed by atoms with Gasteiger partial charge in [0.15, 0.2) is 5.16 Å². The van der Waals surface area contributed by atoms with Crippen molar-refractivity contribution in [2.24, 2.45) is 0 Å². The van der Waals surface area contributed by atoms with Gasteiger partial charge in [-0.25, -0.2) is 14.1 Å². The van der Waals surface area contributed by atoms with Crippen molar-refractivity contribution in [2.75, 3.05) is 5.75 Å². The molecule has 0 saturated heterocycles. The van der Waals surface area contributed by atoms with E-state index in [1.54, 1.807) is 16.2 Å². The Hall–Kier alpha value is -2.08. The van der Waals surface area contributed by atoms with Crippen LogP contribution in [-0.4, -0.2) is 24.9 Å². The number of hydrogen-bond acceptors (Lipinski definition) is 4. The number of fused-ring (bicyclic) bond motifs is 4. The predicted molar refractivity (Wildman–Crippen MR) is 111 cm³/mol. The van der Waals surface area contributed by atoms with Crippen LogP contribution in [0.15, 0.2) is 34.2 Å². The Kier molecular flexibility index (Phi) is 4.41. The summed E-state index contributed by atoms with van der Waals surface area (Å²) in [4.78, 5) is 18.8. The first-order valence-corrected chi connectivity index (χ1v) is 10.7. The topological polar surface area (TPSA) is 52.2 Å². The minimum Gasteiger partial charge on any atom is -0.268 e. The van der Waals surface area contributed by atoms with Crippen molar-refractivity contribution in [3.05, 3.63) is 45.7 Å². The molecule has 0 aliphatic heterocycles. The zero-order valence-electron chi connectivity index (χ0n) is 16.6. The summed E-state index contributed by atoms with van der Waals surface area (Å²) in [7, 11) is 0. The Labute approximate surface area is 163 Å². The maximum absolute atomic E-state index is 13.7. The summed E-state index contributed by atoms with van der Waals surface area (Å²) in [6.07, 6.45) is 1.76. The third-order valence-electron chi connectivity index (χ3n) is 5.65. The van der Waals surface area contributed by atoms with Gasteiger partial charge in [0.1, 0.15) is 0 Å². The summed E-state index contributed by atoms with van der Waals surface area (Å²) in [5.74, 6) is 1.50. The Morgan fingerprint density at radius 1 is 1.26 bits per heavy atom. The van der Waals surface area contributed by atoms with E-state index in [4.69, 9.17) is 10.1 Å². The first-order valence-electron chi connectivity index (χ1n) is 9.68. The van der Waals surface area contributed by atoms with Gasteiger partial charge in [0.05, 0.1) is 17.3 Å². The highest BCUT2D eigenvalue weighted by atomic mass is 32.2. The molecule has 0 saturated carbocycles. The first kappa shape index (κ1) is 18.3. The molecule has 1 aromatic carbocycles. The van der Waals surface area contributed by atoms with Gasteiger partial charge in [-0.2, -0.15) is 0 Å². The smallest absolute Gasteiger partial charge is 0.265 e. The van der Waals surface area contributed by atoms with E-state index in [1.165, 1.54) is 5.56 Å². The van der Waals surface area contributed by atoms with Crippen LogP contribution < -0.4 is 5.56 Å². The number of rotatable bonds is 4. The summed E-state index contributed by atoms with van der Waals surface area (Å²) in [5.41, 5.74) is 3.84. The Bertz CT molecular complexity index is 1080. The van der Waals surface area contributed by atoms with Crippen LogP contribution in [0.1, 0.15) is 58.2 Å². The summed E-state index contributed by atoms with van der Waals surface area (Å²) in [5, 5.41) is 5.46. The van der Waals surface area contributed by atoms with Crippen molar-refractivity contribution in [2.45, 2.75) is 64.1 Å². The minimum absolute atomic E-state index is 0.0386. The second-order valence-corrected chi connectivity index (χ2v) is 9.01. The van der Waals surface area contributed by atoms with Crippen molar-refractivity contribution in [3.63, 3.8) is 0 Å². The molecule has 142 valence electrons. The van der Waals surface area contributed by atoms with E-state index in [-0.39, 0.29) is 17.0 Å². The lowest BCUT2D eigenvalue weighted by molar-refractivity contribution is 0.439. The zero-order chi connectivity index (χ0) is 19.3. The molecular formula is C21H26N4OS. The lowest BCUT2D eigenvalue weighted by Gasteiger charge is -2.35. The number of hydrogen-bond donors (Lipinski definition) is 0. The van der Waals surface area contributed by atoms with Gasteiger partial charge in [0, 0.05) is 11.0 Å². The highest BCUT2D eigenvalue weighted by molar-refractivity contribution is 7.99. The molecule has 0 N–H and O–H groups in total. The molecule has 5 nitrogen and oxygen atoms in total. The van der Waals surface area contributed by atoms with Crippen LogP contribution >= 0.6 is 11.8 Å². The average molecular weight is 383 g/mol. The maximum Gasteiger partial charge on any atom is 0.265 e. The van der Waals surface area contributed by atoms with Crippen LogP contribution in [0.5, 0.6) is 0 Å². The molecule has 0 spiro atoms. The van der Waals surface area contributed by atoms with E-state index < -0.39 is 0 Å². The lowest BCUT2D eigenvalue weighted by Crippen LogP contribution is -2.38. The van der Waals surface area contributed by atoms with Crippen LogP contribution in [0.3, 0.4) is 0 Å². The third kappa shape index (κ3) is 2.64. The number of thioether (sulfide) groups is 1. The molecule has 3 aromatic rings. The number of aromatic nitrogens is 4. The molecule has 0 amide bonds. The van der Waals surface area contributed by atoms with Crippen LogP contribution in [0.4, 0.5) is 0 Å². The summed E-state index contributed by atoms with van der Waals surface area (Å²) < 4.78 is 3.61. The second kappa shape index (κ2) is 6.51. The average Bonchev–Trinajstić information content (AvgIpc) is 3.01. The van der Waals surface area contributed by atoms with Gasteiger partial charge in [-0.1, -0.05) is 56.8 Å². The molecule has 27 heavy (non-hydrogen) atoms. The van der Waals surface area contributed by atoms with E-state index in [2.05, 4.69) is 52.8 Å². The fourth-order valence-corrected chi connectivity index (χ4v) is 4.74. The van der Waals surface area contributed by atoms with Gasteiger partial charge in [-0.15, -0.1) is 5.10 Å². The molecule has 0 radical (unpaired) electrons. The van der Waals surface area contributed by atoms with Crippen LogP contribution in [0.25, 0.3) is 17.0 Å². The molecule has 1 atom stereocenters. The van der Waals surface area contributed by atoms with E-state index in [1.807, 2.05) is 10.7 Å². The first-order chi connectivity index (χ1) is 12.9. The maximum atomic E-state index is 13.7. The van der Waals surface area contributed by atoms with Crippen molar-refractivity contribution in [1.29, 1.82) is 0 Å². The van der Waals surface area contributed by atoms with E-state index in [0.29, 0.717) is 5.78 Å². The van der Waals surface area contributed by atoms with Crippen molar-refractivity contribution in [1.82, 2.24) is 19.2 Å². The van der Waals surface area contributed by atoms with E-state index in [0.717, 1.165) is 40.6 Å². The number of benzene rings is 1. The standard InChI is InChI=1S/C21H26N4OS/c1-6-21(5)12-14-10-8-9-11-15(14)17-16(21)18(26)24-19(22-17)25(13(3)4)23-20(24)27-7-2/h8-11,13H,6-7,12H2,1-5H3/t21-/m1/s1. The summed E-state index contributed by atoms with van der Waals surface area (Å²) in [6, 6.07) is 8.48. The molecule has 2 heterocycles. The minimum atomic E-state index is -0.219. The van der Waals surface area contributed by atoms with Gasteiger partial charge >= 0.3 is 0 Å². The fraction of sp³-hybridized carbons (Fsp3) is 0.476. The molecule has 0 fully saturated rings. The van der Waals surface area contributed by atoms with Gasteiger partial charge in [0.2, 0.25) is 5.78 Å². The highest BCUT2D eigenvalue weighted by Crippen LogP contribution is 2.42. The van der Waals surface area contributed by atoms with Crippen molar-refractivity contribution in [3.8, 4) is 11.3 Å². The predicted octanol–water partition coefficient (Wildman–Crippen LogP) is 4.47. The Morgan fingerprint density at radius 3 is 2.67 bits per heavy atom. The van der Waals surface area contributed by atoms with Crippen LogP contribution in [0, 0.1) is 0 Å². The Balaban J connectivity index is 2.16. The highest BCUT2D eigenvalue weighted by Gasteiger charge is 2.38. The summed E-state index contributed by atoms with van der Waals surface area (Å²) in [6.45, 7) is 10.6. The molecule has 1 aliphatic rings. The van der Waals surface area contributed by atoms with Gasteiger partial charge in [-0.05, 0) is 38.0 Å². The molecule has 0 bridgehead atoms. The largest absolute Gasteiger partial charge is 0.268 e. The molecule has 1 aliphatic carbocycles. The van der Waals surface area contributed by atoms with Crippen molar-refractivity contribution < 1.29 is 0 Å². The SMILES string of the molecule is CCSc1nn(C(C)C)c2nc3c(c(=O)n12)[C@](C)(CC)Cc1ccccc1-3. The quantitative estimate of drug-likeness (QED) is 0.625. The van der Waals surface area contributed by atoms with E-state index >= 15 is 0 Å². The molecule has 6 heteroatoms. The van der Waals surface area contributed by atoms with Gasteiger partial charge < -0.3 is 0 Å². The molecule has 0 unspecified atom stereocenters. The van der Waals surface area contributed by atoms with Gasteiger partial charge in [0.25, 0.3) is 5.56 Å². The normalized spacial score (nSPS) is 18.7. The number of nitrogens with zero attached hydrogens (tertiary/aromatic N) is 4. The van der Waals surface area contributed by atoms with Crippen LogP contribution in [0.2, 0.25) is 0 Å². The third-order valence-corrected chi connectivity index (χ3v) is 6.47. The lowest BCUT2D eigenvalue weighted by atomic mass is 9.69. The fourth-order valence-electron chi connectivity index (χ4n) is 4.04. The van der Waals surface area contributed by atoms with Crippen molar-refractivity contribution >= 4 is 17.5 Å². The summed E-state index contributed by atoms with van der Waals surface area (Å²) >= 11 is 1.59. The monoisotopic (exact) mass is 382 g/mol. The second-order valence-electron chi connectivity index (χ2n) is 7.78. The van der Waals surface area contributed by atoms with Gasteiger partial charge in [-0.3, -0.25) is 4.79 Å². The van der Waals surface area contributed by atoms with Crippen LogP contribution in [-0.2, 0) is 11.8 Å².